The number of alkyl halides is 1. The fourth-order valence-electron chi connectivity index (χ4n) is 3.85. The first kappa shape index (κ1) is 19.2. The highest BCUT2D eigenvalue weighted by Crippen LogP contribution is 2.35. The van der Waals surface area contributed by atoms with Crippen molar-refractivity contribution in [3.63, 3.8) is 0 Å². The molecule has 0 aliphatic heterocycles. The Morgan fingerprint density at radius 3 is 2.84 bits per heavy atom. The Morgan fingerprint density at radius 2 is 2.12 bits per heavy atom. The van der Waals surface area contributed by atoms with E-state index < -0.39 is 18.2 Å². The fourth-order valence-corrected chi connectivity index (χ4v) is 3.85. The summed E-state index contributed by atoms with van der Waals surface area (Å²) in [5.41, 5.74) is 3.99. The van der Waals surface area contributed by atoms with Crippen LogP contribution in [0.2, 0.25) is 0 Å². The topological polar surface area (TPSA) is 105 Å². The Balaban J connectivity index is 1.56. The van der Waals surface area contributed by atoms with E-state index in [1.807, 2.05) is 19.9 Å². The standard InChI is InChI=1S/C23H23FN6O2/c1-3-4-20(31)18-5-12(2)16(10-25-18)14-6-13-9-26-21(29-23(32)15-7-17(15)24)8-19(13)30-22(14)27-11-28-30/h5-6,8-11,15,17,20,31H,3-4,7H2,1-2H3,(H,26,29,32)/t15-,17+,20-/m0/s1/i20D. The largest absolute Gasteiger partial charge is 0.387 e. The summed E-state index contributed by atoms with van der Waals surface area (Å²) in [5.74, 6) is -0.655. The lowest BCUT2D eigenvalue weighted by atomic mass is 10.00. The van der Waals surface area contributed by atoms with Crippen molar-refractivity contribution < 1.29 is 15.7 Å². The molecule has 4 heterocycles. The summed E-state index contributed by atoms with van der Waals surface area (Å²) in [6.45, 7) is 3.80. The van der Waals surface area contributed by atoms with Crippen molar-refractivity contribution in [2.75, 3.05) is 5.32 Å². The molecule has 1 fully saturated rings. The Hall–Kier alpha value is -3.46. The van der Waals surface area contributed by atoms with Crippen LogP contribution in [0.3, 0.4) is 0 Å². The van der Waals surface area contributed by atoms with E-state index in [0.717, 1.165) is 22.1 Å². The van der Waals surface area contributed by atoms with Crippen molar-refractivity contribution in [1.82, 2.24) is 24.6 Å². The predicted octanol–water partition coefficient (Wildman–Crippen LogP) is 3.78. The second-order valence-corrected chi connectivity index (χ2v) is 8.11. The van der Waals surface area contributed by atoms with E-state index in [-0.39, 0.29) is 12.3 Å². The average Bonchev–Trinajstić information content (AvgIpc) is 3.30. The van der Waals surface area contributed by atoms with Gasteiger partial charge in [-0.15, -0.1) is 0 Å². The summed E-state index contributed by atoms with van der Waals surface area (Å²) in [4.78, 5) is 25.2. The van der Waals surface area contributed by atoms with Crippen LogP contribution in [-0.2, 0) is 4.79 Å². The molecule has 1 saturated carbocycles. The number of hydrogen-bond donors (Lipinski definition) is 2. The van der Waals surface area contributed by atoms with Crippen molar-refractivity contribution in [1.29, 1.82) is 0 Å². The third-order valence-electron chi connectivity index (χ3n) is 5.71. The Bertz CT molecular complexity index is 1390. The average molecular weight is 435 g/mol. The molecular weight excluding hydrogens is 411 g/mol. The molecular formula is C23H23FN6O2. The van der Waals surface area contributed by atoms with Gasteiger partial charge in [0.25, 0.3) is 0 Å². The molecule has 5 rings (SSSR count). The zero-order valence-electron chi connectivity index (χ0n) is 18.7. The van der Waals surface area contributed by atoms with Gasteiger partial charge in [-0.05, 0) is 37.5 Å². The van der Waals surface area contributed by atoms with E-state index >= 15 is 0 Å². The lowest BCUT2D eigenvalue weighted by molar-refractivity contribution is -0.117. The van der Waals surface area contributed by atoms with Gasteiger partial charge in [-0.25, -0.2) is 18.9 Å². The van der Waals surface area contributed by atoms with Crippen LogP contribution in [0, 0.1) is 12.8 Å². The van der Waals surface area contributed by atoms with E-state index in [4.69, 9.17) is 1.37 Å². The molecule has 9 heteroatoms. The van der Waals surface area contributed by atoms with Crippen LogP contribution < -0.4 is 5.32 Å². The minimum absolute atomic E-state index is 0.248. The molecule has 1 aliphatic carbocycles. The van der Waals surface area contributed by atoms with E-state index in [1.165, 1.54) is 6.33 Å². The second-order valence-electron chi connectivity index (χ2n) is 8.11. The molecule has 0 unspecified atom stereocenters. The monoisotopic (exact) mass is 435 g/mol. The first-order valence-corrected chi connectivity index (χ1v) is 10.6. The van der Waals surface area contributed by atoms with Gasteiger partial charge in [0, 0.05) is 35.0 Å². The molecule has 8 nitrogen and oxygen atoms in total. The summed E-state index contributed by atoms with van der Waals surface area (Å²) in [7, 11) is 0. The first-order chi connectivity index (χ1) is 15.8. The fraction of sp³-hybridized carbons (Fsp3) is 0.348. The van der Waals surface area contributed by atoms with Crippen LogP contribution in [-0.4, -0.2) is 41.8 Å². The maximum atomic E-state index is 13.2. The van der Waals surface area contributed by atoms with Gasteiger partial charge < -0.3 is 10.4 Å². The Kier molecular flexibility index (Phi) is 4.75. The number of nitrogens with one attached hydrogen (secondary N) is 1. The third kappa shape index (κ3) is 3.58. The van der Waals surface area contributed by atoms with Gasteiger partial charge in [0.1, 0.15) is 18.3 Å². The maximum absolute atomic E-state index is 13.2. The highest BCUT2D eigenvalue weighted by Gasteiger charge is 2.43. The number of rotatable bonds is 6. The van der Waals surface area contributed by atoms with Crippen LogP contribution in [0.25, 0.3) is 27.7 Å². The molecule has 1 aliphatic rings. The van der Waals surface area contributed by atoms with Crippen LogP contribution in [0.4, 0.5) is 10.2 Å². The molecule has 0 bridgehead atoms. The molecule has 3 atom stereocenters. The highest BCUT2D eigenvalue weighted by atomic mass is 19.1. The summed E-state index contributed by atoms with van der Waals surface area (Å²) >= 11 is 0. The number of amides is 1. The van der Waals surface area contributed by atoms with Crippen molar-refractivity contribution in [2.24, 2.45) is 5.92 Å². The molecule has 0 saturated heterocycles. The number of halogens is 1. The number of aliphatic hydroxyl groups is 1. The van der Waals surface area contributed by atoms with Crippen LogP contribution >= 0.6 is 0 Å². The summed E-state index contributed by atoms with van der Waals surface area (Å²) in [5, 5.41) is 18.2. The van der Waals surface area contributed by atoms with E-state index in [9.17, 15) is 14.3 Å². The van der Waals surface area contributed by atoms with Crippen molar-refractivity contribution >= 4 is 28.3 Å². The van der Waals surface area contributed by atoms with Crippen molar-refractivity contribution in [3.8, 4) is 11.1 Å². The van der Waals surface area contributed by atoms with E-state index in [1.54, 1.807) is 29.0 Å². The summed E-state index contributed by atoms with van der Waals surface area (Å²) < 4.78 is 23.0. The zero-order valence-corrected chi connectivity index (χ0v) is 17.7. The molecule has 0 spiro atoms. The molecule has 0 radical (unpaired) electrons. The van der Waals surface area contributed by atoms with Crippen molar-refractivity contribution in [2.45, 2.75) is 45.4 Å². The number of pyridine rings is 3. The van der Waals surface area contributed by atoms with Crippen LogP contribution in [0.1, 0.15) is 44.9 Å². The minimum atomic E-state index is -1.74. The smallest absolute Gasteiger partial charge is 0.231 e. The number of carbonyl (C=O) groups excluding carboxylic acids is 1. The first-order valence-electron chi connectivity index (χ1n) is 11.1. The minimum Gasteiger partial charge on any atom is -0.387 e. The highest BCUT2D eigenvalue weighted by molar-refractivity contribution is 5.97. The zero-order chi connectivity index (χ0) is 23.3. The van der Waals surface area contributed by atoms with Gasteiger partial charge in [0.15, 0.2) is 5.65 Å². The molecule has 4 aromatic rings. The number of aryl methyl sites for hydroxylation is 1. The summed E-state index contributed by atoms with van der Waals surface area (Å²) in [6.07, 6.45) is 3.09. The SMILES string of the molecule is [2H][C@](O)(CCC)c1cc(C)c(-c2cc3cnc(NC(=O)[C@H]4C[C@H]4F)cc3n3ncnc23)cn1. The van der Waals surface area contributed by atoms with Gasteiger partial charge in [-0.3, -0.25) is 9.78 Å². The molecule has 4 aromatic heterocycles. The quantitative estimate of drug-likeness (QED) is 0.478. The van der Waals surface area contributed by atoms with Gasteiger partial charge in [0.2, 0.25) is 5.91 Å². The number of hydrogen-bond acceptors (Lipinski definition) is 6. The number of aromatic nitrogens is 5. The lowest BCUT2D eigenvalue weighted by Gasteiger charge is -2.14. The van der Waals surface area contributed by atoms with Gasteiger partial charge in [-0.1, -0.05) is 13.3 Å². The number of carbonyl (C=O) groups is 1. The van der Waals surface area contributed by atoms with E-state index in [0.29, 0.717) is 35.5 Å². The number of anilines is 1. The van der Waals surface area contributed by atoms with Gasteiger partial charge in [-0.2, -0.15) is 5.10 Å². The second kappa shape index (κ2) is 7.90. The van der Waals surface area contributed by atoms with Gasteiger partial charge >= 0.3 is 0 Å². The maximum Gasteiger partial charge on any atom is 0.231 e. The number of fused-ring (bicyclic) bond motifs is 3. The van der Waals surface area contributed by atoms with Gasteiger partial charge in [0.05, 0.1) is 24.6 Å². The molecule has 164 valence electrons. The Labute approximate surface area is 184 Å². The summed E-state index contributed by atoms with van der Waals surface area (Å²) in [6, 6.07) is 5.33. The normalized spacial score (nSPS) is 20.2. The van der Waals surface area contributed by atoms with E-state index in [2.05, 4.69) is 25.4 Å². The predicted molar refractivity (Wildman–Crippen MR) is 118 cm³/mol. The number of nitrogens with zero attached hydrogens (tertiary/aromatic N) is 5. The van der Waals surface area contributed by atoms with Crippen LogP contribution in [0.15, 0.2) is 36.9 Å². The molecule has 32 heavy (non-hydrogen) atoms. The molecule has 2 N–H and O–H groups in total. The molecule has 1 amide bonds. The van der Waals surface area contributed by atoms with Crippen molar-refractivity contribution in [3.05, 3.63) is 48.2 Å². The lowest BCUT2D eigenvalue weighted by Crippen LogP contribution is -2.16. The third-order valence-corrected chi connectivity index (χ3v) is 5.71. The molecule has 0 aromatic carbocycles. The Morgan fingerprint density at radius 1 is 1.31 bits per heavy atom. The van der Waals surface area contributed by atoms with Crippen LogP contribution in [0.5, 0.6) is 0 Å².